The maximum atomic E-state index is 5.41. The van der Waals surface area contributed by atoms with E-state index in [1.165, 1.54) is 5.56 Å². The van der Waals surface area contributed by atoms with E-state index >= 15 is 0 Å². The van der Waals surface area contributed by atoms with Gasteiger partial charge >= 0.3 is 0 Å². The molecule has 120 valence electrons. The van der Waals surface area contributed by atoms with E-state index in [2.05, 4.69) is 5.32 Å². The predicted molar refractivity (Wildman–Crippen MR) is 83.2 cm³/mol. The lowest BCUT2D eigenvalue weighted by molar-refractivity contribution is 0.0688. The Bertz CT molecular complexity index is 385. The minimum atomic E-state index is 0.664. The number of ether oxygens (including phenoxy) is 4. The molecule has 1 N–H and O–H groups in total. The second-order valence-electron chi connectivity index (χ2n) is 4.68. The summed E-state index contributed by atoms with van der Waals surface area (Å²) in [5, 5.41) is 3.42. The summed E-state index contributed by atoms with van der Waals surface area (Å²) < 4.78 is 20.8. The van der Waals surface area contributed by atoms with Crippen molar-refractivity contribution < 1.29 is 18.9 Å². The maximum Gasteiger partial charge on any atom is 0.161 e. The Morgan fingerprint density at radius 1 is 0.905 bits per heavy atom. The van der Waals surface area contributed by atoms with E-state index < -0.39 is 0 Å². The second kappa shape index (κ2) is 11.4. The summed E-state index contributed by atoms with van der Waals surface area (Å²) in [5.41, 5.74) is 1.18. The Hall–Kier alpha value is -1.30. The Labute approximate surface area is 127 Å². The molecule has 0 spiro atoms. The number of nitrogens with one attached hydrogen (secondary N) is 1. The Morgan fingerprint density at radius 2 is 1.71 bits per heavy atom. The third-order valence-electron chi connectivity index (χ3n) is 3.10. The highest BCUT2D eigenvalue weighted by Crippen LogP contribution is 2.27. The second-order valence-corrected chi connectivity index (χ2v) is 4.68. The van der Waals surface area contributed by atoms with E-state index in [4.69, 9.17) is 18.9 Å². The van der Waals surface area contributed by atoms with Crippen LogP contribution in [0.1, 0.15) is 18.4 Å². The van der Waals surface area contributed by atoms with Crippen LogP contribution in [0.3, 0.4) is 0 Å². The zero-order valence-electron chi connectivity index (χ0n) is 13.3. The molecular weight excluding hydrogens is 270 g/mol. The Balaban J connectivity index is 2.12. The number of hydrogen-bond acceptors (Lipinski definition) is 5. The molecular formula is C16H27NO4. The molecule has 0 aliphatic heterocycles. The monoisotopic (exact) mass is 297 g/mol. The van der Waals surface area contributed by atoms with E-state index in [0.29, 0.717) is 13.2 Å². The fraction of sp³-hybridized carbons (Fsp3) is 0.625. The van der Waals surface area contributed by atoms with Crippen LogP contribution >= 0.6 is 0 Å². The SMILES string of the molecule is COCCOCCCCNCc1ccc(OC)c(OC)c1. The summed E-state index contributed by atoms with van der Waals surface area (Å²) in [6.45, 7) is 3.93. The normalized spacial score (nSPS) is 10.6. The molecule has 5 heteroatoms. The van der Waals surface area contributed by atoms with Crippen molar-refractivity contribution in [2.24, 2.45) is 0 Å². The van der Waals surface area contributed by atoms with Crippen molar-refractivity contribution in [2.75, 3.05) is 47.7 Å². The van der Waals surface area contributed by atoms with E-state index in [9.17, 15) is 0 Å². The van der Waals surface area contributed by atoms with Crippen molar-refractivity contribution in [1.82, 2.24) is 5.32 Å². The van der Waals surface area contributed by atoms with E-state index in [1.807, 2.05) is 18.2 Å². The van der Waals surface area contributed by atoms with E-state index in [0.717, 1.165) is 44.0 Å². The maximum absolute atomic E-state index is 5.41. The van der Waals surface area contributed by atoms with Crippen LogP contribution in [0.15, 0.2) is 18.2 Å². The molecule has 0 aliphatic carbocycles. The van der Waals surface area contributed by atoms with Crippen molar-refractivity contribution in [2.45, 2.75) is 19.4 Å². The number of methoxy groups -OCH3 is 3. The molecule has 0 fully saturated rings. The molecule has 0 amide bonds. The van der Waals surface area contributed by atoms with Gasteiger partial charge in [-0.05, 0) is 37.1 Å². The van der Waals surface area contributed by atoms with Crippen LogP contribution in [0.5, 0.6) is 11.5 Å². The first-order valence-electron chi connectivity index (χ1n) is 7.30. The molecule has 1 aromatic carbocycles. The molecule has 0 heterocycles. The smallest absolute Gasteiger partial charge is 0.161 e. The third kappa shape index (κ3) is 7.32. The van der Waals surface area contributed by atoms with Crippen LogP contribution in [0, 0.1) is 0 Å². The fourth-order valence-corrected chi connectivity index (χ4v) is 1.92. The van der Waals surface area contributed by atoms with Gasteiger partial charge in [-0.2, -0.15) is 0 Å². The standard InChI is InChI=1S/C16H27NO4/c1-18-10-11-21-9-5-4-8-17-13-14-6-7-15(19-2)16(12-14)20-3/h6-7,12,17H,4-5,8-11,13H2,1-3H3. The van der Waals surface area contributed by atoms with Crippen LogP contribution in [0.25, 0.3) is 0 Å². The third-order valence-corrected chi connectivity index (χ3v) is 3.10. The van der Waals surface area contributed by atoms with Crippen molar-refractivity contribution in [1.29, 1.82) is 0 Å². The number of rotatable bonds is 12. The summed E-state index contributed by atoms with van der Waals surface area (Å²) in [7, 11) is 4.98. The Morgan fingerprint density at radius 3 is 2.43 bits per heavy atom. The van der Waals surface area contributed by atoms with Gasteiger partial charge in [0.2, 0.25) is 0 Å². The van der Waals surface area contributed by atoms with Gasteiger partial charge in [-0.3, -0.25) is 0 Å². The van der Waals surface area contributed by atoms with Crippen LogP contribution < -0.4 is 14.8 Å². The first-order valence-corrected chi connectivity index (χ1v) is 7.30. The zero-order chi connectivity index (χ0) is 15.3. The summed E-state index contributed by atoms with van der Waals surface area (Å²) in [6.07, 6.45) is 2.16. The molecule has 0 bridgehead atoms. The van der Waals surface area contributed by atoms with Gasteiger partial charge in [-0.1, -0.05) is 6.07 Å². The lowest BCUT2D eigenvalue weighted by Gasteiger charge is -2.10. The highest BCUT2D eigenvalue weighted by Gasteiger charge is 2.03. The minimum absolute atomic E-state index is 0.664. The molecule has 5 nitrogen and oxygen atoms in total. The quantitative estimate of drug-likeness (QED) is 0.600. The molecule has 21 heavy (non-hydrogen) atoms. The van der Waals surface area contributed by atoms with Gasteiger partial charge in [0, 0.05) is 20.3 Å². The van der Waals surface area contributed by atoms with Crippen molar-refractivity contribution in [3.63, 3.8) is 0 Å². The van der Waals surface area contributed by atoms with Gasteiger partial charge in [-0.25, -0.2) is 0 Å². The highest BCUT2D eigenvalue weighted by atomic mass is 16.5. The molecule has 0 radical (unpaired) electrons. The molecule has 0 aromatic heterocycles. The van der Waals surface area contributed by atoms with Gasteiger partial charge < -0.3 is 24.3 Å². The summed E-state index contributed by atoms with van der Waals surface area (Å²) in [5.74, 6) is 1.53. The fourth-order valence-electron chi connectivity index (χ4n) is 1.92. The average Bonchev–Trinajstić information content (AvgIpc) is 2.53. The van der Waals surface area contributed by atoms with Crippen molar-refractivity contribution in [3.05, 3.63) is 23.8 Å². The number of hydrogen-bond donors (Lipinski definition) is 1. The summed E-state index contributed by atoms with van der Waals surface area (Å²) in [4.78, 5) is 0. The molecule has 1 rings (SSSR count). The van der Waals surface area contributed by atoms with Gasteiger partial charge in [0.15, 0.2) is 11.5 Å². The number of benzene rings is 1. The van der Waals surface area contributed by atoms with Gasteiger partial charge in [-0.15, -0.1) is 0 Å². The minimum Gasteiger partial charge on any atom is -0.493 e. The lowest BCUT2D eigenvalue weighted by Crippen LogP contribution is -2.15. The first-order chi connectivity index (χ1) is 10.3. The van der Waals surface area contributed by atoms with Gasteiger partial charge in [0.25, 0.3) is 0 Å². The molecule has 0 unspecified atom stereocenters. The zero-order valence-corrected chi connectivity index (χ0v) is 13.3. The van der Waals surface area contributed by atoms with Gasteiger partial charge in [0.05, 0.1) is 27.4 Å². The largest absolute Gasteiger partial charge is 0.493 e. The lowest BCUT2D eigenvalue weighted by atomic mass is 10.2. The van der Waals surface area contributed by atoms with E-state index in [1.54, 1.807) is 21.3 Å². The molecule has 0 saturated heterocycles. The molecule has 0 atom stereocenters. The molecule has 1 aromatic rings. The summed E-state index contributed by atoms with van der Waals surface area (Å²) in [6, 6.07) is 5.97. The van der Waals surface area contributed by atoms with Crippen molar-refractivity contribution in [3.8, 4) is 11.5 Å². The van der Waals surface area contributed by atoms with E-state index in [-0.39, 0.29) is 0 Å². The van der Waals surface area contributed by atoms with Crippen LogP contribution in [-0.2, 0) is 16.0 Å². The summed E-state index contributed by atoms with van der Waals surface area (Å²) >= 11 is 0. The molecule has 0 saturated carbocycles. The highest BCUT2D eigenvalue weighted by molar-refractivity contribution is 5.42. The Kier molecular flexibility index (Phi) is 9.61. The number of unbranched alkanes of at least 4 members (excludes halogenated alkanes) is 1. The van der Waals surface area contributed by atoms with Crippen LogP contribution in [-0.4, -0.2) is 47.7 Å². The first kappa shape index (κ1) is 17.8. The van der Waals surface area contributed by atoms with Crippen LogP contribution in [0.4, 0.5) is 0 Å². The predicted octanol–water partition coefficient (Wildman–Crippen LogP) is 2.24. The average molecular weight is 297 g/mol. The topological polar surface area (TPSA) is 49.0 Å². The van der Waals surface area contributed by atoms with Gasteiger partial charge in [0.1, 0.15) is 0 Å². The molecule has 0 aliphatic rings. The van der Waals surface area contributed by atoms with Crippen molar-refractivity contribution >= 4 is 0 Å². The van der Waals surface area contributed by atoms with Crippen LogP contribution in [0.2, 0.25) is 0 Å².